The van der Waals surface area contributed by atoms with Gasteiger partial charge >= 0.3 is 0 Å². The summed E-state index contributed by atoms with van der Waals surface area (Å²) in [7, 11) is 2.21. The standard InChI is InChI=1S/C9H20N2.2C2H6/c1-4-11(5-2)9-6-7-10(3)8-9;2*1-2/h9H,4-8H2,1-3H3;2*1-2H3. The van der Waals surface area contributed by atoms with Crippen LogP contribution in [-0.4, -0.2) is 49.1 Å². The van der Waals surface area contributed by atoms with Crippen molar-refractivity contribution in [3.05, 3.63) is 0 Å². The van der Waals surface area contributed by atoms with Crippen molar-refractivity contribution in [2.24, 2.45) is 0 Å². The van der Waals surface area contributed by atoms with Gasteiger partial charge in [-0.05, 0) is 33.1 Å². The van der Waals surface area contributed by atoms with Crippen molar-refractivity contribution in [2.45, 2.75) is 54.0 Å². The molecule has 0 amide bonds. The predicted octanol–water partition coefficient (Wildman–Crippen LogP) is 3.08. The minimum absolute atomic E-state index is 0.829. The molecule has 0 radical (unpaired) electrons. The fraction of sp³-hybridized carbons (Fsp3) is 1.00. The Morgan fingerprint density at radius 2 is 1.53 bits per heavy atom. The van der Waals surface area contributed by atoms with Crippen molar-refractivity contribution in [2.75, 3.05) is 33.2 Å². The topological polar surface area (TPSA) is 6.48 Å². The molecule has 94 valence electrons. The quantitative estimate of drug-likeness (QED) is 0.715. The Labute approximate surface area is 97.6 Å². The lowest BCUT2D eigenvalue weighted by molar-refractivity contribution is 0.218. The molecule has 0 N–H and O–H groups in total. The maximum Gasteiger partial charge on any atom is 0.0234 e. The lowest BCUT2D eigenvalue weighted by Crippen LogP contribution is -2.36. The molecule has 1 unspecified atom stereocenters. The van der Waals surface area contributed by atoms with Crippen LogP contribution in [0.2, 0.25) is 0 Å². The molecule has 1 atom stereocenters. The Kier molecular flexibility index (Phi) is 13.8. The molecule has 1 saturated heterocycles. The third-order valence-corrected chi connectivity index (χ3v) is 2.70. The molecule has 0 aliphatic carbocycles. The van der Waals surface area contributed by atoms with E-state index in [-0.39, 0.29) is 0 Å². The molecule has 0 spiro atoms. The number of rotatable bonds is 3. The van der Waals surface area contributed by atoms with Crippen LogP contribution in [0.4, 0.5) is 0 Å². The van der Waals surface area contributed by atoms with E-state index >= 15 is 0 Å². The van der Waals surface area contributed by atoms with Gasteiger partial charge in [-0.15, -0.1) is 0 Å². The van der Waals surface area contributed by atoms with Crippen molar-refractivity contribution >= 4 is 0 Å². The third kappa shape index (κ3) is 6.91. The average Bonchev–Trinajstić information content (AvgIpc) is 2.73. The zero-order valence-corrected chi connectivity index (χ0v) is 12.0. The molecule has 1 aliphatic rings. The second-order valence-electron chi connectivity index (χ2n) is 3.43. The highest BCUT2D eigenvalue weighted by Crippen LogP contribution is 2.12. The summed E-state index contributed by atoms with van der Waals surface area (Å²) in [5, 5.41) is 0. The van der Waals surface area contributed by atoms with Crippen molar-refractivity contribution in [3.63, 3.8) is 0 Å². The molecule has 0 bridgehead atoms. The van der Waals surface area contributed by atoms with Gasteiger partial charge in [0.15, 0.2) is 0 Å². The molecule has 15 heavy (non-hydrogen) atoms. The molecule has 2 heteroatoms. The molecule has 0 aromatic heterocycles. The molecule has 1 rings (SSSR count). The molecule has 0 saturated carbocycles. The van der Waals surface area contributed by atoms with Crippen molar-refractivity contribution in [3.8, 4) is 0 Å². The highest BCUT2D eigenvalue weighted by atomic mass is 15.2. The van der Waals surface area contributed by atoms with E-state index in [0.717, 1.165) is 6.04 Å². The molecule has 0 aromatic carbocycles. The maximum atomic E-state index is 2.56. The van der Waals surface area contributed by atoms with Gasteiger partial charge in [0.05, 0.1) is 0 Å². The molecular formula is C13H32N2. The van der Waals surface area contributed by atoms with Crippen LogP contribution >= 0.6 is 0 Å². The Morgan fingerprint density at radius 3 is 1.80 bits per heavy atom. The maximum absolute atomic E-state index is 2.56. The summed E-state index contributed by atoms with van der Waals surface area (Å²) in [4.78, 5) is 4.98. The third-order valence-electron chi connectivity index (χ3n) is 2.70. The van der Waals surface area contributed by atoms with Gasteiger partial charge in [0.1, 0.15) is 0 Å². The zero-order chi connectivity index (χ0) is 12.3. The van der Waals surface area contributed by atoms with Crippen LogP contribution in [-0.2, 0) is 0 Å². The lowest BCUT2D eigenvalue weighted by Gasteiger charge is -2.25. The van der Waals surface area contributed by atoms with Crippen molar-refractivity contribution in [1.82, 2.24) is 9.80 Å². The summed E-state index contributed by atoms with van der Waals surface area (Å²) in [5.41, 5.74) is 0. The van der Waals surface area contributed by atoms with Gasteiger partial charge in [0.25, 0.3) is 0 Å². The van der Waals surface area contributed by atoms with E-state index < -0.39 is 0 Å². The summed E-state index contributed by atoms with van der Waals surface area (Å²) in [5.74, 6) is 0. The second kappa shape index (κ2) is 12.0. The van der Waals surface area contributed by atoms with Crippen LogP contribution in [0, 0.1) is 0 Å². The Balaban J connectivity index is 0. The number of hydrogen-bond donors (Lipinski definition) is 0. The van der Waals surface area contributed by atoms with Gasteiger partial charge < -0.3 is 4.90 Å². The summed E-state index contributed by atoms with van der Waals surface area (Å²) >= 11 is 0. The van der Waals surface area contributed by atoms with E-state index in [0.29, 0.717) is 0 Å². The molecule has 2 nitrogen and oxygen atoms in total. The van der Waals surface area contributed by atoms with E-state index in [1.807, 2.05) is 27.7 Å². The van der Waals surface area contributed by atoms with Gasteiger partial charge in [-0.25, -0.2) is 0 Å². The first-order valence-electron chi connectivity index (χ1n) is 6.70. The van der Waals surface area contributed by atoms with Gasteiger partial charge in [0, 0.05) is 12.6 Å². The summed E-state index contributed by atoms with van der Waals surface area (Å²) in [6.07, 6.45) is 1.36. The fourth-order valence-corrected chi connectivity index (χ4v) is 1.95. The summed E-state index contributed by atoms with van der Waals surface area (Å²) in [6, 6.07) is 0.829. The van der Waals surface area contributed by atoms with Crippen LogP contribution in [0.25, 0.3) is 0 Å². The van der Waals surface area contributed by atoms with Crippen LogP contribution in [0.15, 0.2) is 0 Å². The van der Waals surface area contributed by atoms with Crippen LogP contribution in [0.1, 0.15) is 48.0 Å². The largest absolute Gasteiger partial charge is 0.305 e. The smallest absolute Gasteiger partial charge is 0.0234 e. The van der Waals surface area contributed by atoms with Gasteiger partial charge in [0.2, 0.25) is 0 Å². The average molecular weight is 216 g/mol. The van der Waals surface area contributed by atoms with E-state index in [1.54, 1.807) is 0 Å². The van der Waals surface area contributed by atoms with Gasteiger partial charge in [-0.2, -0.15) is 0 Å². The van der Waals surface area contributed by atoms with Gasteiger partial charge in [-0.1, -0.05) is 41.5 Å². The zero-order valence-electron chi connectivity index (χ0n) is 12.0. The number of likely N-dealkylation sites (tertiary alicyclic amines) is 1. The first-order valence-corrected chi connectivity index (χ1v) is 6.70. The van der Waals surface area contributed by atoms with E-state index in [4.69, 9.17) is 0 Å². The molecule has 0 aromatic rings. The first-order chi connectivity index (χ1) is 7.27. The molecular weight excluding hydrogens is 184 g/mol. The molecule has 1 fully saturated rings. The number of likely N-dealkylation sites (N-methyl/N-ethyl adjacent to an activating group) is 2. The normalized spacial score (nSPS) is 20.4. The minimum atomic E-state index is 0.829. The number of nitrogens with zero attached hydrogens (tertiary/aromatic N) is 2. The predicted molar refractivity (Wildman–Crippen MR) is 71.5 cm³/mol. The highest BCUT2D eigenvalue weighted by Gasteiger charge is 2.23. The summed E-state index contributed by atoms with van der Waals surface area (Å²) in [6.45, 7) is 17.5. The minimum Gasteiger partial charge on any atom is -0.305 e. The second-order valence-corrected chi connectivity index (χ2v) is 3.43. The van der Waals surface area contributed by atoms with E-state index in [2.05, 4.69) is 30.7 Å². The van der Waals surface area contributed by atoms with E-state index in [1.165, 1.54) is 32.6 Å². The van der Waals surface area contributed by atoms with Crippen LogP contribution < -0.4 is 0 Å². The molecule has 1 aliphatic heterocycles. The monoisotopic (exact) mass is 216 g/mol. The highest BCUT2D eigenvalue weighted by molar-refractivity contribution is 4.80. The Hall–Kier alpha value is -0.0800. The van der Waals surface area contributed by atoms with Crippen molar-refractivity contribution < 1.29 is 0 Å². The number of hydrogen-bond acceptors (Lipinski definition) is 2. The summed E-state index contributed by atoms with van der Waals surface area (Å²) < 4.78 is 0. The SMILES string of the molecule is CC.CC.CCN(CC)C1CCN(C)C1. The fourth-order valence-electron chi connectivity index (χ4n) is 1.95. The Bertz CT molecular complexity index is 111. The van der Waals surface area contributed by atoms with Gasteiger partial charge in [-0.3, -0.25) is 4.90 Å². The van der Waals surface area contributed by atoms with Crippen molar-refractivity contribution in [1.29, 1.82) is 0 Å². The van der Waals surface area contributed by atoms with E-state index in [9.17, 15) is 0 Å². The Morgan fingerprint density at radius 1 is 1.07 bits per heavy atom. The van der Waals surface area contributed by atoms with Crippen LogP contribution in [0.3, 0.4) is 0 Å². The first kappa shape index (κ1) is 17.3. The molecule has 1 heterocycles. The van der Waals surface area contributed by atoms with Crippen LogP contribution in [0.5, 0.6) is 0 Å². The lowest BCUT2D eigenvalue weighted by atomic mass is 10.2.